The number of nitrogens with zero attached hydrogens (tertiary/aromatic N) is 3. The molecule has 0 N–H and O–H groups in total. The predicted octanol–water partition coefficient (Wildman–Crippen LogP) is 3.55. The van der Waals surface area contributed by atoms with Crippen LogP contribution >= 0.6 is 0 Å². The number of alkyl halides is 3. The summed E-state index contributed by atoms with van der Waals surface area (Å²) in [5.41, 5.74) is -0.0397. The van der Waals surface area contributed by atoms with E-state index in [9.17, 15) is 30.0 Å². The number of aliphatic imine (C=N–C) groups is 2. The molecule has 2 aromatic rings. The number of sulfonamides is 1. The summed E-state index contributed by atoms with van der Waals surface area (Å²) < 4.78 is 89.7. The summed E-state index contributed by atoms with van der Waals surface area (Å²) >= 11 is 0. The number of benzene rings is 2. The molecule has 2 aliphatic rings. The van der Waals surface area contributed by atoms with Crippen LogP contribution in [-0.2, 0) is 26.0 Å². The maximum atomic E-state index is 13.1. The van der Waals surface area contributed by atoms with Gasteiger partial charge >= 0.3 is 6.18 Å². The summed E-state index contributed by atoms with van der Waals surface area (Å²) in [4.78, 5) is 9.14. The number of sulfone groups is 1. The molecular weight excluding hydrogens is 491 g/mol. The molecular formula is C22H22F3N3O4S2. The smallest absolute Gasteiger partial charge is 0.258 e. The van der Waals surface area contributed by atoms with E-state index in [4.69, 9.17) is 0 Å². The van der Waals surface area contributed by atoms with Crippen molar-refractivity contribution in [2.75, 3.05) is 19.3 Å². The second kappa shape index (κ2) is 8.28. The van der Waals surface area contributed by atoms with Crippen LogP contribution in [-0.4, -0.2) is 57.6 Å². The molecule has 0 atom stereocenters. The molecule has 0 unspecified atom stereocenters. The summed E-state index contributed by atoms with van der Waals surface area (Å²) in [6.07, 6.45) is -2.84. The molecule has 4 rings (SSSR count). The SMILES string of the molecule is CC1=NC2(CCN(S(=O)(=O)c3cccc(S(C)(=O)=O)c3)CC2)N=C1c1ccc(C(F)(F)F)cc1. The monoisotopic (exact) mass is 513 g/mol. The molecule has 2 aromatic carbocycles. The van der Waals surface area contributed by atoms with Crippen LogP contribution in [0.2, 0.25) is 0 Å². The van der Waals surface area contributed by atoms with Crippen molar-refractivity contribution in [3.8, 4) is 0 Å². The fourth-order valence-electron chi connectivity index (χ4n) is 4.09. The Morgan fingerprint density at radius 3 is 2.06 bits per heavy atom. The number of rotatable bonds is 4. The largest absolute Gasteiger partial charge is 0.416 e. The summed E-state index contributed by atoms with van der Waals surface area (Å²) in [5.74, 6) is 0. The van der Waals surface area contributed by atoms with Gasteiger partial charge in [-0.05, 0) is 37.3 Å². The summed E-state index contributed by atoms with van der Waals surface area (Å²) in [6.45, 7) is 1.96. The van der Waals surface area contributed by atoms with Crippen LogP contribution in [0.3, 0.4) is 0 Å². The van der Waals surface area contributed by atoms with Gasteiger partial charge in [0.15, 0.2) is 15.5 Å². The lowest BCUT2D eigenvalue weighted by molar-refractivity contribution is -0.137. The molecule has 2 heterocycles. The lowest BCUT2D eigenvalue weighted by Crippen LogP contribution is -2.44. The molecule has 34 heavy (non-hydrogen) atoms. The molecule has 12 heteroatoms. The minimum absolute atomic E-state index is 0.0798. The van der Waals surface area contributed by atoms with Gasteiger partial charge in [-0.2, -0.15) is 17.5 Å². The van der Waals surface area contributed by atoms with Crippen LogP contribution in [0.1, 0.15) is 30.9 Å². The van der Waals surface area contributed by atoms with E-state index in [1.165, 1.54) is 34.6 Å². The molecule has 0 amide bonds. The van der Waals surface area contributed by atoms with Gasteiger partial charge in [-0.1, -0.05) is 18.2 Å². The standard InChI is InChI=1S/C22H22F3N3O4S2/c1-15-20(16-6-8-17(9-7-16)22(23,24)25)27-21(26-15)10-12-28(13-11-21)34(31,32)19-5-3-4-18(14-19)33(2,29)30/h3-9,14H,10-13H2,1-2H3. The van der Waals surface area contributed by atoms with Gasteiger partial charge in [0.1, 0.15) is 0 Å². The highest BCUT2D eigenvalue weighted by Gasteiger charge is 2.41. The minimum atomic E-state index is -4.43. The summed E-state index contributed by atoms with van der Waals surface area (Å²) in [7, 11) is -7.49. The van der Waals surface area contributed by atoms with Crippen molar-refractivity contribution in [2.45, 2.75) is 41.4 Å². The molecule has 1 fully saturated rings. The number of piperidine rings is 1. The van der Waals surface area contributed by atoms with Gasteiger partial charge in [-0.25, -0.2) is 16.8 Å². The normalized spacial score (nSPS) is 19.2. The summed E-state index contributed by atoms with van der Waals surface area (Å²) in [6, 6.07) is 9.93. The Balaban J connectivity index is 1.54. The van der Waals surface area contributed by atoms with Gasteiger partial charge in [0.2, 0.25) is 10.0 Å². The second-order valence-electron chi connectivity index (χ2n) is 8.37. The maximum Gasteiger partial charge on any atom is 0.416 e. The average molecular weight is 514 g/mol. The van der Waals surface area contributed by atoms with Gasteiger partial charge in [0.05, 0.1) is 26.8 Å². The first-order valence-electron chi connectivity index (χ1n) is 10.4. The highest BCUT2D eigenvalue weighted by Crippen LogP contribution is 2.36. The van der Waals surface area contributed by atoms with Crippen molar-refractivity contribution >= 4 is 31.3 Å². The van der Waals surface area contributed by atoms with Crippen LogP contribution in [0.15, 0.2) is 68.3 Å². The highest BCUT2D eigenvalue weighted by atomic mass is 32.2. The first-order chi connectivity index (χ1) is 15.7. The van der Waals surface area contributed by atoms with E-state index in [0.717, 1.165) is 24.5 Å². The molecule has 0 bridgehead atoms. The quantitative estimate of drug-likeness (QED) is 0.625. The first-order valence-corrected chi connectivity index (χ1v) is 13.7. The number of hydrogen-bond acceptors (Lipinski definition) is 6. The molecule has 182 valence electrons. The number of hydrogen-bond donors (Lipinski definition) is 0. The topological polar surface area (TPSA) is 96.2 Å². The molecule has 2 aliphatic heterocycles. The third-order valence-corrected chi connectivity index (χ3v) is 8.92. The fraction of sp³-hybridized carbons (Fsp3) is 0.364. The Kier molecular flexibility index (Phi) is 5.98. The van der Waals surface area contributed by atoms with Gasteiger partial charge in [-0.15, -0.1) is 0 Å². The predicted molar refractivity (Wildman–Crippen MR) is 121 cm³/mol. The van der Waals surface area contributed by atoms with Crippen LogP contribution in [0.25, 0.3) is 0 Å². The molecule has 1 spiro atoms. The van der Waals surface area contributed by atoms with E-state index < -0.39 is 37.3 Å². The van der Waals surface area contributed by atoms with Crippen molar-refractivity contribution in [3.05, 3.63) is 59.7 Å². The van der Waals surface area contributed by atoms with Crippen LogP contribution in [0.4, 0.5) is 13.2 Å². The zero-order valence-corrected chi connectivity index (χ0v) is 20.0. The Labute approximate surface area is 196 Å². The van der Waals surface area contributed by atoms with E-state index in [0.29, 0.717) is 29.8 Å². The summed E-state index contributed by atoms with van der Waals surface area (Å²) in [5, 5.41) is 0. The Hall–Kier alpha value is -2.57. The Morgan fingerprint density at radius 1 is 0.912 bits per heavy atom. The molecule has 1 saturated heterocycles. The molecule has 0 aromatic heterocycles. The van der Waals surface area contributed by atoms with Crippen molar-refractivity contribution < 1.29 is 30.0 Å². The average Bonchev–Trinajstić information content (AvgIpc) is 3.08. The molecule has 7 nitrogen and oxygen atoms in total. The van der Waals surface area contributed by atoms with Crippen molar-refractivity contribution in [1.29, 1.82) is 0 Å². The van der Waals surface area contributed by atoms with Gasteiger partial charge < -0.3 is 0 Å². The van der Waals surface area contributed by atoms with Crippen molar-refractivity contribution in [3.63, 3.8) is 0 Å². The van der Waals surface area contributed by atoms with Crippen LogP contribution < -0.4 is 0 Å². The number of halogens is 3. The Morgan fingerprint density at radius 2 is 1.50 bits per heavy atom. The van der Waals surface area contributed by atoms with Gasteiger partial charge in [-0.3, -0.25) is 9.98 Å². The van der Waals surface area contributed by atoms with Crippen molar-refractivity contribution in [2.24, 2.45) is 9.98 Å². The van der Waals surface area contributed by atoms with E-state index in [-0.39, 0.29) is 22.9 Å². The third-order valence-electron chi connectivity index (χ3n) is 5.92. The molecule has 0 radical (unpaired) electrons. The molecule has 0 saturated carbocycles. The van der Waals surface area contributed by atoms with E-state index in [1.807, 2.05) is 0 Å². The second-order valence-corrected chi connectivity index (χ2v) is 12.3. The van der Waals surface area contributed by atoms with Gasteiger partial charge in [0.25, 0.3) is 0 Å². The molecule has 0 aliphatic carbocycles. The lowest BCUT2D eigenvalue weighted by Gasteiger charge is -2.34. The first kappa shape index (κ1) is 24.6. The lowest BCUT2D eigenvalue weighted by atomic mass is 10.00. The maximum absolute atomic E-state index is 13.1. The van der Waals surface area contributed by atoms with E-state index in [1.54, 1.807) is 6.92 Å². The van der Waals surface area contributed by atoms with Crippen LogP contribution in [0.5, 0.6) is 0 Å². The minimum Gasteiger partial charge on any atom is -0.258 e. The fourth-order valence-corrected chi connectivity index (χ4v) is 6.32. The van der Waals surface area contributed by atoms with Crippen LogP contribution in [0, 0.1) is 0 Å². The zero-order valence-electron chi connectivity index (χ0n) is 18.4. The zero-order chi connectivity index (χ0) is 24.9. The highest BCUT2D eigenvalue weighted by molar-refractivity contribution is 7.91. The Bertz CT molecular complexity index is 1390. The van der Waals surface area contributed by atoms with E-state index >= 15 is 0 Å². The van der Waals surface area contributed by atoms with E-state index in [2.05, 4.69) is 9.98 Å². The van der Waals surface area contributed by atoms with Crippen molar-refractivity contribution in [1.82, 2.24) is 4.31 Å². The third kappa shape index (κ3) is 4.66. The van der Waals surface area contributed by atoms with Gasteiger partial charge in [0, 0.05) is 37.8 Å².